The third kappa shape index (κ3) is 6.17. The third-order valence-corrected chi connectivity index (χ3v) is 4.27. The van der Waals surface area contributed by atoms with Crippen LogP contribution in [-0.4, -0.2) is 7.05 Å². The Balaban J connectivity index is 2.45. The summed E-state index contributed by atoms with van der Waals surface area (Å²) in [5, 5.41) is 3.29. The zero-order valence-corrected chi connectivity index (χ0v) is 14.3. The number of aryl methyl sites for hydroxylation is 2. The summed E-state index contributed by atoms with van der Waals surface area (Å²) < 4.78 is 14.2. The summed E-state index contributed by atoms with van der Waals surface area (Å²) in [5.41, 5.74) is 2.92. The van der Waals surface area contributed by atoms with Crippen molar-refractivity contribution in [3.63, 3.8) is 0 Å². The van der Waals surface area contributed by atoms with E-state index in [0.29, 0.717) is 0 Å². The van der Waals surface area contributed by atoms with Crippen LogP contribution in [0.5, 0.6) is 0 Å². The number of rotatable bonds is 10. The minimum absolute atomic E-state index is 0.0604. The molecule has 0 fully saturated rings. The number of unbranched alkanes of at least 4 members (excludes halogenated alkanes) is 6. The molecule has 1 atom stereocenters. The van der Waals surface area contributed by atoms with Gasteiger partial charge in [-0.1, -0.05) is 57.9 Å². The van der Waals surface area contributed by atoms with E-state index in [0.717, 1.165) is 23.1 Å². The van der Waals surface area contributed by atoms with E-state index in [-0.39, 0.29) is 11.9 Å². The maximum absolute atomic E-state index is 14.2. The van der Waals surface area contributed by atoms with Crippen LogP contribution < -0.4 is 5.32 Å². The highest BCUT2D eigenvalue weighted by molar-refractivity contribution is 5.34. The van der Waals surface area contributed by atoms with Gasteiger partial charge in [0.25, 0.3) is 0 Å². The molecule has 0 aliphatic carbocycles. The fourth-order valence-electron chi connectivity index (χ4n) is 3.11. The Morgan fingerprint density at radius 3 is 2.19 bits per heavy atom. The predicted molar refractivity (Wildman–Crippen MR) is 90.3 cm³/mol. The molecular formula is C19H32FN. The van der Waals surface area contributed by atoms with Crippen molar-refractivity contribution in [2.75, 3.05) is 7.05 Å². The quantitative estimate of drug-likeness (QED) is 0.534. The largest absolute Gasteiger partial charge is 0.313 e. The molecule has 2 heteroatoms. The summed E-state index contributed by atoms with van der Waals surface area (Å²) in [7, 11) is 1.94. The number of hydrogen-bond donors (Lipinski definition) is 1. The summed E-state index contributed by atoms with van der Waals surface area (Å²) in [6.45, 7) is 6.21. The Morgan fingerprint density at radius 2 is 1.62 bits per heavy atom. The van der Waals surface area contributed by atoms with Crippen molar-refractivity contribution in [2.24, 2.45) is 0 Å². The Kier molecular flexibility index (Phi) is 8.60. The monoisotopic (exact) mass is 293 g/mol. The molecule has 0 spiro atoms. The van der Waals surface area contributed by atoms with E-state index in [4.69, 9.17) is 0 Å². The first-order valence-electron chi connectivity index (χ1n) is 8.54. The van der Waals surface area contributed by atoms with Crippen molar-refractivity contribution in [3.8, 4) is 0 Å². The van der Waals surface area contributed by atoms with Crippen molar-refractivity contribution in [3.05, 3.63) is 34.6 Å². The Bertz CT molecular complexity index is 391. The van der Waals surface area contributed by atoms with Gasteiger partial charge in [0.1, 0.15) is 5.82 Å². The molecule has 1 aromatic carbocycles. The van der Waals surface area contributed by atoms with Crippen molar-refractivity contribution in [1.82, 2.24) is 5.32 Å². The molecule has 1 unspecified atom stereocenters. The fraction of sp³-hybridized carbons (Fsp3) is 0.684. The van der Waals surface area contributed by atoms with Crippen LogP contribution in [0.25, 0.3) is 0 Å². The van der Waals surface area contributed by atoms with E-state index >= 15 is 0 Å². The van der Waals surface area contributed by atoms with E-state index in [1.165, 1.54) is 44.9 Å². The van der Waals surface area contributed by atoms with Gasteiger partial charge in [-0.15, -0.1) is 0 Å². The zero-order chi connectivity index (χ0) is 15.7. The first kappa shape index (κ1) is 18.2. The minimum Gasteiger partial charge on any atom is -0.313 e. The van der Waals surface area contributed by atoms with Crippen LogP contribution in [0.4, 0.5) is 4.39 Å². The molecule has 0 aliphatic rings. The van der Waals surface area contributed by atoms with Gasteiger partial charge in [-0.25, -0.2) is 4.39 Å². The highest BCUT2D eigenvalue weighted by atomic mass is 19.1. The van der Waals surface area contributed by atoms with Gasteiger partial charge in [-0.2, -0.15) is 0 Å². The van der Waals surface area contributed by atoms with Gasteiger partial charge in [0, 0.05) is 11.6 Å². The average molecular weight is 293 g/mol. The van der Waals surface area contributed by atoms with Crippen LogP contribution in [0, 0.1) is 19.7 Å². The minimum atomic E-state index is -0.0604. The lowest BCUT2D eigenvalue weighted by atomic mass is 9.94. The Labute approximate surface area is 130 Å². The standard InChI is InChI=1S/C19H32FN/c1-5-6-7-8-9-10-11-12-18(21-4)19-16(3)13-15(2)14-17(19)20/h13-14,18,21H,5-12H2,1-4H3. The van der Waals surface area contributed by atoms with Gasteiger partial charge in [0.15, 0.2) is 0 Å². The molecule has 0 bridgehead atoms. The van der Waals surface area contributed by atoms with Gasteiger partial charge in [-0.05, 0) is 44.5 Å². The molecule has 1 rings (SSSR count). The second-order valence-corrected chi connectivity index (χ2v) is 6.23. The number of hydrogen-bond acceptors (Lipinski definition) is 1. The lowest BCUT2D eigenvalue weighted by Gasteiger charge is -2.20. The lowest BCUT2D eigenvalue weighted by molar-refractivity contribution is 0.473. The number of nitrogens with one attached hydrogen (secondary N) is 1. The molecule has 0 aliphatic heterocycles. The van der Waals surface area contributed by atoms with Gasteiger partial charge >= 0.3 is 0 Å². The second-order valence-electron chi connectivity index (χ2n) is 6.23. The third-order valence-electron chi connectivity index (χ3n) is 4.27. The van der Waals surface area contributed by atoms with E-state index in [1.54, 1.807) is 6.07 Å². The second kappa shape index (κ2) is 9.94. The Morgan fingerprint density at radius 1 is 1.00 bits per heavy atom. The highest BCUT2D eigenvalue weighted by Gasteiger charge is 2.16. The fourth-order valence-corrected chi connectivity index (χ4v) is 3.11. The summed E-state index contributed by atoms with van der Waals surface area (Å²) in [6, 6.07) is 3.87. The predicted octanol–water partition coefficient (Wildman–Crippen LogP) is 5.84. The zero-order valence-electron chi connectivity index (χ0n) is 14.3. The molecule has 120 valence electrons. The van der Waals surface area contributed by atoms with Crippen LogP contribution in [-0.2, 0) is 0 Å². The molecule has 0 saturated carbocycles. The van der Waals surface area contributed by atoms with Gasteiger partial charge < -0.3 is 5.32 Å². The van der Waals surface area contributed by atoms with Crippen LogP contribution in [0.1, 0.15) is 81.0 Å². The van der Waals surface area contributed by atoms with Crippen molar-refractivity contribution < 1.29 is 4.39 Å². The van der Waals surface area contributed by atoms with Gasteiger partial charge in [-0.3, -0.25) is 0 Å². The molecule has 0 saturated heterocycles. The molecule has 1 nitrogen and oxygen atoms in total. The maximum atomic E-state index is 14.2. The van der Waals surface area contributed by atoms with Gasteiger partial charge in [0.2, 0.25) is 0 Å². The number of benzene rings is 1. The molecule has 0 amide bonds. The van der Waals surface area contributed by atoms with Crippen LogP contribution >= 0.6 is 0 Å². The summed E-state index contributed by atoms with van der Waals surface area (Å²) in [4.78, 5) is 0. The normalized spacial score (nSPS) is 12.6. The topological polar surface area (TPSA) is 12.0 Å². The molecule has 0 heterocycles. The smallest absolute Gasteiger partial charge is 0.128 e. The maximum Gasteiger partial charge on any atom is 0.128 e. The molecule has 1 aromatic rings. The highest BCUT2D eigenvalue weighted by Crippen LogP contribution is 2.27. The van der Waals surface area contributed by atoms with E-state index < -0.39 is 0 Å². The molecule has 0 aromatic heterocycles. The van der Waals surface area contributed by atoms with E-state index in [1.807, 2.05) is 20.9 Å². The van der Waals surface area contributed by atoms with Crippen LogP contribution in [0.15, 0.2) is 12.1 Å². The Hall–Kier alpha value is -0.890. The average Bonchev–Trinajstić information content (AvgIpc) is 2.43. The van der Waals surface area contributed by atoms with E-state index in [2.05, 4.69) is 18.3 Å². The van der Waals surface area contributed by atoms with Crippen molar-refractivity contribution >= 4 is 0 Å². The van der Waals surface area contributed by atoms with E-state index in [9.17, 15) is 4.39 Å². The van der Waals surface area contributed by atoms with Crippen molar-refractivity contribution in [1.29, 1.82) is 0 Å². The SMILES string of the molecule is CCCCCCCCCC(NC)c1c(C)cc(C)cc1F. The molecule has 1 N–H and O–H groups in total. The van der Waals surface area contributed by atoms with Crippen LogP contribution in [0.3, 0.4) is 0 Å². The first-order chi connectivity index (χ1) is 10.1. The number of halogens is 1. The van der Waals surface area contributed by atoms with Crippen LogP contribution in [0.2, 0.25) is 0 Å². The molecular weight excluding hydrogens is 261 g/mol. The lowest BCUT2D eigenvalue weighted by Crippen LogP contribution is -2.19. The molecule has 0 radical (unpaired) electrons. The summed E-state index contributed by atoms with van der Waals surface area (Å²) in [6.07, 6.45) is 10.1. The summed E-state index contributed by atoms with van der Waals surface area (Å²) in [5.74, 6) is -0.0604. The van der Waals surface area contributed by atoms with Gasteiger partial charge in [0.05, 0.1) is 0 Å². The summed E-state index contributed by atoms with van der Waals surface area (Å²) >= 11 is 0. The molecule has 21 heavy (non-hydrogen) atoms. The first-order valence-corrected chi connectivity index (χ1v) is 8.54. The van der Waals surface area contributed by atoms with Crippen molar-refractivity contribution in [2.45, 2.75) is 78.2 Å².